The molecule has 0 saturated carbocycles. The van der Waals surface area contributed by atoms with E-state index in [0.717, 1.165) is 15.7 Å². The quantitative estimate of drug-likeness (QED) is 0.624. The first-order valence-electron chi connectivity index (χ1n) is 3.18. The van der Waals surface area contributed by atoms with Crippen LogP contribution in [0, 0.1) is 0 Å². The van der Waals surface area contributed by atoms with Crippen molar-refractivity contribution in [3.8, 4) is 0 Å². The maximum atomic E-state index is 5.80. The van der Waals surface area contributed by atoms with Crippen LogP contribution in [-0.4, -0.2) is 0 Å². The molecule has 12 heavy (non-hydrogen) atoms. The zero-order valence-electron chi connectivity index (χ0n) is 6.02. The highest BCUT2D eigenvalue weighted by molar-refractivity contribution is 9.40. The Morgan fingerprint density at radius 2 is 2.17 bits per heavy atom. The van der Waals surface area contributed by atoms with E-state index in [2.05, 4.69) is 39.9 Å². The van der Waals surface area contributed by atoms with Gasteiger partial charge in [0.2, 0.25) is 15.5 Å². The van der Waals surface area contributed by atoms with Crippen molar-refractivity contribution in [1.29, 1.82) is 0 Å². The third-order valence-electron chi connectivity index (χ3n) is 1.32. The molecule has 0 saturated heterocycles. The van der Waals surface area contributed by atoms with Gasteiger partial charge in [-0.05, 0) is 12.1 Å². The van der Waals surface area contributed by atoms with Crippen LogP contribution in [0.25, 0.3) is 0 Å². The van der Waals surface area contributed by atoms with Crippen molar-refractivity contribution < 1.29 is 0 Å². The van der Waals surface area contributed by atoms with Gasteiger partial charge in [0.05, 0.1) is 0 Å². The molecule has 1 rings (SSSR count). The van der Waals surface area contributed by atoms with Gasteiger partial charge >= 0.3 is 0 Å². The molecule has 0 radical (unpaired) electrons. The first-order chi connectivity index (χ1) is 5.59. The molecule has 5 heteroatoms. The highest BCUT2D eigenvalue weighted by Gasteiger charge is 2.08. The van der Waals surface area contributed by atoms with Gasteiger partial charge in [0.25, 0.3) is 0 Å². The highest BCUT2D eigenvalue weighted by Crippen LogP contribution is 2.42. The summed E-state index contributed by atoms with van der Waals surface area (Å²) < 4.78 is 1.07. The van der Waals surface area contributed by atoms with Crippen molar-refractivity contribution in [1.82, 2.24) is 0 Å². The zero-order valence-corrected chi connectivity index (χ0v) is 11.8. The molecule has 0 aliphatic heterocycles. The molecule has 0 aliphatic rings. The van der Waals surface area contributed by atoms with E-state index in [1.807, 2.05) is 18.2 Å². The lowest BCUT2D eigenvalue weighted by Gasteiger charge is -1.97. The summed E-state index contributed by atoms with van der Waals surface area (Å²) in [6.45, 7) is 0. The Morgan fingerprint density at radius 1 is 1.50 bits per heavy atom. The predicted octanol–water partition coefficient (Wildman–Crippen LogP) is 5.45. The summed E-state index contributed by atoms with van der Waals surface area (Å²) in [6.07, 6.45) is 0.990. The Hall–Kier alpha value is 1.07. The summed E-state index contributed by atoms with van der Waals surface area (Å²) in [5.41, 5.74) is 1.26. The van der Waals surface area contributed by atoms with E-state index in [-0.39, 0.29) is 5.91 Å². The molecule has 0 amide bonds. The minimum Gasteiger partial charge on any atom is -0.0843 e. The predicted molar refractivity (Wildman–Crippen MR) is 67.0 cm³/mol. The molecule has 1 aromatic carbocycles. The van der Waals surface area contributed by atoms with Crippen LogP contribution in [0.15, 0.2) is 22.7 Å². The fourth-order valence-electron chi connectivity index (χ4n) is 0.799. The third-order valence-corrected chi connectivity index (χ3v) is 4.14. The van der Waals surface area contributed by atoms with E-state index in [4.69, 9.17) is 11.6 Å². The van der Waals surface area contributed by atoms with Gasteiger partial charge in [-0.25, -0.2) is 0 Å². The minimum absolute atomic E-state index is 0.258. The number of rotatable bonds is 2. The van der Waals surface area contributed by atoms with E-state index in [9.17, 15) is 0 Å². The lowest BCUT2D eigenvalue weighted by atomic mass is 10.2. The summed E-state index contributed by atoms with van der Waals surface area (Å²) in [5, 5.41) is 0.762. The van der Waals surface area contributed by atoms with Crippen molar-refractivity contribution >= 4 is 57.5 Å². The largest absolute Gasteiger partial charge is 0.215 e. The van der Waals surface area contributed by atoms with Crippen molar-refractivity contribution in [3.63, 3.8) is 0 Å². The Kier molecular flexibility index (Phi) is 4.72. The smallest absolute Gasteiger partial charge is 0.0843 e. The van der Waals surface area contributed by atoms with Crippen molar-refractivity contribution in [3.05, 3.63) is 33.3 Å². The highest BCUT2D eigenvalue weighted by atomic mass is 79.9. The summed E-state index contributed by atoms with van der Waals surface area (Å²) in [7, 11) is 3.54. The maximum Gasteiger partial charge on any atom is 0.215 e. The first-order valence-corrected chi connectivity index (χ1v) is 9.24. The van der Waals surface area contributed by atoms with Crippen LogP contribution in [0.2, 0.25) is 5.02 Å². The summed E-state index contributed by atoms with van der Waals surface area (Å²) in [4.78, 5) is 0. The lowest BCUT2D eigenvalue weighted by Crippen LogP contribution is -1.79. The molecule has 0 heterocycles. The van der Waals surface area contributed by atoms with Crippen LogP contribution >= 0.6 is 57.5 Å². The number of halogens is 3. The van der Waals surface area contributed by atoms with Gasteiger partial charge in [-0.2, -0.15) is 0 Å². The second-order valence-corrected chi connectivity index (χ2v) is 10.7. The first kappa shape index (κ1) is 11.1. The minimum atomic E-state index is -0.258. The number of hydrogen-bond acceptors (Lipinski definition) is 0. The standard InChI is InChI=1S/C7H6Br2ClP2/c8-7-3-6(10)2-1-5(7)4-12(9)11/h1-3,11H,4H2/q+1. The molecule has 0 fully saturated rings. The second-order valence-electron chi connectivity index (χ2n) is 2.26. The fraction of sp³-hybridized carbons (Fsp3) is 0.143. The van der Waals surface area contributed by atoms with Crippen LogP contribution in [0.5, 0.6) is 0 Å². The Labute approximate surface area is 96.4 Å². The molecular weight excluding hydrogens is 341 g/mol. The molecule has 1 unspecified atom stereocenters. The number of benzene rings is 1. The average molecular weight is 347 g/mol. The van der Waals surface area contributed by atoms with Gasteiger partial charge in [-0.15, -0.1) is 0 Å². The molecule has 0 aliphatic carbocycles. The van der Waals surface area contributed by atoms with E-state index in [0.29, 0.717) is 0 Å². The van der Waals surface area contributed by atoms with Crippen LogP contribution < -0.4 is 0 Å². The van der Waals surface area contributed by atoms with Crippen LogP contribution in [-0.2, 0) is 6.16 Å². The van der Waals surface area contributed by atoms with E-state index < -0.39 is 0 Å². The summed E-state index contributed by atoms with van der Waals surface area (Å²) >= 11 is 12.8. The van der Waals surface area contributed by atoms with Crippen LogP contribution in [0.1, 0.15) is 5.56 Å². The van der Waals surface area contributed by atoms with Crippen LogP contribution in [0.4, 0.5) is 0 Å². The molecule has 64 valence electrons. The van der Waals surface area contributed by atoms with Gasteiger partial charge in [0.1, 0.15) is 14.7 Å². The second kappa shape index (κ2) is 5.08. The fourth-order valence-corrected chi connectivity index (χ4v) is 3.74. The lowest BCUT2D eigenvalue weighted by molar-refractivity contribution is 1.38. The zero-order chi connectivity index (χ0) is 9.14. The molecular formula is C7H6Br2ClP2+. The SMILES string of the molecule is P=[P+](Br)Cc1ccc(Cl)cc1Br. The molecule has 0 nitrogen and oxygen atoms in total. The Morgan fingerprint density at radius 3 is 2.67 bits per heavy atom. The molecule has 1 atom stereocenters. The van der Waals surface area contributed by atoms with Gasteiger partial charge in [0, 0.05) is 15.1 Å². The van der Waals surface area contributed by atoms with Gasteiger partial charge < -0.3 is 0 Å². The van der Waals surface area contributed by atoms with Crippen molar-refractivity contribution in [2.24, 2.45) is 0 Å². The molecule has 0 aromatic heterocycles. The molecule has 0 spiro atoms. The van der Waals surface area contributed by atoms with Gasteiger partial charge in [-0.1, -0.05) is 33.6 Å². The monoisotopic (exact) mass is 345 g/mol. The Balaban J connectivity index is 2.93. The topological polar surface area (TPSA) is 0 Å². The maximum absolute atomic E-state index is 5.80. The van der Waals surface area contributed by atoms with Gasteiger partial charge in [0.15, 0.2) is 5.91 Å². The van der Waals surface area contributed by atoms with Crippen molar-refractivity contribution in [2.75, 3.05) is 0 Å². The summed E-state index contributed by atoms with van der Waals surface area (Å²) in [6, 6.07) is 5.85. The Bertz CT molecular complexity index is 314. The van der Waals surface area contributed by atoms with E-state index in [1.54, 1.807) is 0 Å². The molecule has 0 bridgehead atoms. The summed E-state index contributed by atoms with van der Waals surface area (Å²) in [5.74, 6) is -0.258. The van der Waals surface area contributed by atoms with Crippen LogP contribution in [0.3, 0.4) is 0 Å². The molecule has 0 N–H and O–H groups in total. The normalized spacial score (nSPS) is 11.4. The van der Waals surface area contributed by atoms with E-state index >= 15 is 0 Å². The van der Waals surface area contributed by atoms with E-state index in [1.165, 1.54) is 5.56 Å². The molecule has 1 aromatic rings. The average Bonchev–Trinajstić information content (AvgIpc) is 1.94. The number of hydrogen-bond donors (Lipinski definition) is 0. The van der Waals surface area contributed by atoms with Gasteiger partial charge in [-0.3, -0.25) is 0 Å². The van der Waals surface area contributed by atoms with Crippen molar-refractivity contribution in [2.45, 2.75) is 6.16 Å². The third kappa shape index (κ3) is 3.44.